The lowest BCUT2D eigenvalue weighted by atomic mass is 9.58. The summed E-state index contributed by atoms with van der Waals surface area (Å²) in [6.45, 7) is 2.94. The van der Waals surface area contributed by atoms with E-state index in [1.807, 2.05) is 29.2 Å². The van der Waals surface area contributed by atoms with Crippen molar-refractivity contribution < 1.29 is 9.59 Å². The Morgan fingerprint density at radius 2 is 1.27 bits per heavy atom. The van der Waals surface area contributed by atoms with Crippen molar-refractivity contribution in [3.05, 3.63) is 93.7 Å². The van der Waals surface area contributed by atoms with Gasteiger partial charge >= 0.3 is 0 Å². The van der Waals surface area contributed by atoms with Gasteiger partial charge in [-0.05, 0) is 29.2 Å². The van der Waals surface area contributed by atoms with E-state index in [-0.39, 0.29) is 23.4 Å². The Labute approximate surface area is 151 Å². The highest BCUT2D eigenvalue weighted by atomic mass is 16.1. The molecule has 1 fully saturated rings. The predicted molar refractivity (Wildman–Crippen MR) is 97.9 cm³/mol. The van der Waals surface area contributed by atoms with Crippen LogP contribution in [0.25, 0.3) is 0 Å². The second kappa shape index (κ2) is 4.61. The largest absolute Gasteiger partial charge is 0.362 e. The van der Waals surface area contributed by atoms with Crippen molar-refractivity contribution in [3.8, 4) is 0 Å². The first kappa shape index (κ1) is 14.3. The molecule has 3 heteroatoms. The van der Waals surface area contributed by atoms with Gasteiger partial charge in [0.05, 0.1) is 5.70 Å². The SMILES string of the molecule is CC1CN1C1=CC(=O)C2=C(C1=O)C1c3ccccc3C2c2ccccc21. The van der Waals surface area contributed by atoms with Crippen molar-refractivity contribution in [2.24, 2.45) is 0 Å². The van der Waals surface area contributed by atoms with Crippen molar-refractivity contribution >= 4 is 11.6 Å². The third-order valence-electron chi connectivity index (χ3n) is 6.28. The maximum absolute atomic E-state index is 13.4. The molecule has 0 saturated carbocycles. The molecule has 2 aromatic carbocycles. The molecule has 1 unspecified atom stereocenters. The number of benzene rings is 2. The molecule has 0 spiro atoms. The van der Waals surface area contributed by atoms with Gasteiger partial charge in [0.15, 0.2) is 5.78 Å². The second-order valence-electron chi connectivity index (χ2n) is 7.68. The fourth-order valence-electron chi connectivity index (χ4n) is 5.06. The summed E-state index contributed by atoms with van der Waals surface area (Å²) >= 11 is 0. The van der Waals surface area contributed by atoms with E-state index in [4.69, 9.17) is 0 Å². The highest BCUT2D eigenvalue weighted by Crippen LogP contribution is 2.57. The van der Waals surface area contributed by atoms with Gasteiger partial charge in [-0.25, -0.2) is 0 Å². The average molecular weight is 339 g/mol. The third-order valence-corrected chi connectivity index (χ3v) is 6.28. The Morgan fingerprint density at radius 3 is 1.73 bits per heavy atom. The minimum atomic E-state index is -0.127. The predicted octanol–water partition coefficient (Wildman–Crippen LogP) is 3.31. The third kappa shape index (κ3) is 1.59. The first-order valence-corrected chi connectivity index (χ1v) is 9.16. The van der Waals surface area contributed by atoms with Gasteiger partial charge in [0.2, 0.25) is 5.78 Å². The van der Waals surface area contributed by atoms with Gasteiger partial charge in [-0.3, -0.25) is 9.59 Å². The lowest BCUT2D eigenvalue weighted by Gasteiger charge is -2.43. The lowest BCUT2D eigenvalue weighted by molar-refractivity contribution is -0.117. The van der Waals surface area contributed by atoms with Crippen molar-refractivity contribution in [3.63, 3.8) is 0 Å². The van der Waals surface area contributed by atoms with E-state index in [0.29, 0.717) is 22.9 Å². The Balaban J connectivity index is 1.62. The standard InChI is InChI=1S/C23H17NO2/c1-12-11-24(12)17-10-18(25)21-19-13-6-2-4-8-15(13)20(22(21)23(17)26)16-9-5-3-7-14(16)19/h2-10,12,19-20H,11H2,1H3. The van der Waals surface area contributed by atoms with E-state index in [1.54, 1.807) is 6.08 Å². The maximum Gasteiger partial charge on any atom is 0.206 e. The number of hydrogen-bond donors (Lipinski definition) is 0. The molecule has 0 radical (unpaired) electrons. The van der Waals surface area contributed by atoms with Crippen LogP contribution in [0, 0.1) is 0 Å². The zero-order valence-corrected chi connectivity index (χ0v) is 14.4. The van der Waals surface area contributed by atoms with Crippen LogP contribution in [0.5, 0.6) is 0 Å². The number of hydrogen-bond acceptors (Lipinski definition) is 3. The summed E-state index contributed by atoms with van der Waals surface area (Å²) in [6, 6.07) is 16.9. The van der Waals surface area contributed by atoms with Gasteiger partial charge in [-0.15, -0.1) is 0 Å². The molecule has 26 heavy (non-hydrogen) atoms. The van der Waals surface area contributed by atoms with Crippen molar-refractivity contribution in [2.75, 3.05) is 6.54 Å². The quantitative estimate of drug-likeness (QED) is 0.591. The van der Waals surface area contributed by atoms with Crippen LogP contribution in [-0.2, 0) is 9.59 Å². The molecule has 5 aliphatic rings. The molecule has 4 aliphatic carbocycles. The summed E-state index contributed by atoms with van der Waals surface area (Å²) in [5.41, 5.74) is 6.71. The van der Waals surface area contributed by atoms with Gasteiger partial charge in [0.1, 0.15) is 0 Å². The van der Waals surface area contributed by atoms with Crippen molar-refractivity contribution in [2.45, 2.75) is 24.8 Å². The van der Waals surface area contributed by atoms with Gasteiger partial charge < -0.3 is 4.90 Å². The molecule has 0 N–H and O–H groups in total. The van der Waals surface area contributed by atoms with E-state index in [0.717, 1.165) is 6.54 Å². The van der Waals surface area contributed by atoms with Gasteiger partial charge in [-0.2, -0.15) is 0 Å². The van der Waals surface area contributed by atoms with Crippen molar-refractivity contribution in [1.82, 2.24) is 4.90 Å². The molecule has 1 atom stereocenters. The van der Waals surface area contributed by atoms with Crippen LogP contribution in [0.1, 0.15) is 41.0 Å². The van der Waals surface area contributed by atoms with Crippen LogP contribution < -0.4 is 0 Å². The summed E-state index contributed by atoms with van der Waals surface area (Å²) in [7, 11) is 0. The summed E-state index contributed by atoms with van der Waals surface area (Å²) < 4.78 is 0. The number of carbonyl (C=O) groups is 2. The van der Waals surface area contributed by atoms with E-state index in [2.05, 4.69) is 31.2 Å². The number of carbonyl (C=O) groups excluding carboxylic acids is 2. The molecule has 0 amide bonds. The fraction of sp³-hybridized carbons (Fsp3) is 0.217. The van der Waals surface area contributed by atoms with E-state index in [1.165, 1.54) is 22.3 Å². The number of allylic oxidation sites excluding steroid dienone is 3. The van der Waals surface area contributed by atoms with Crippen LogP contribution in [-0.4, -0.2) is 29.1 Å². The number of rotatable bonds is 1. The van der Waals surface area contributed by atoms with E-state index in [9.17, 15) is 9.59 Å². The first-order valence-electron chi connectivity index (χ1n) is 9.16. The Kier molecular flexibility index (Phi) is 2.53. The maximum atomic E-state index is 13.4. The van der Waals surface area contributed by atoms with Gasteiger partial charge in [0, 0.05) is 41.6 Å². The molecule has 3 nitrogen and oxygen atoms in total. The monoisotopic (exact) mass is 339 g/mol. The highest BCUT2D eigenvalue weighted by molar-refractivity contribution is 6.25. The highest BCUT2D eigenvalue weighted by Gasteiger charge is 2.50. The molecule has 7 rings (SSSR count). The minimum absolute atomic E-state index is 0.00714. The second-order valence-corrected chi connectivity index (χ2v) is 7.68. The molecule has 1 saturated heterocycles. The number of Topliss-reactive ketones (excluding diaryl/α,β-unsaturated/α-hetero) is 1. The number of nitrogens with zero attached hydrogens (tertiary/aromatic N) is 1. The molecule has 1 aliphatic heterocycles. The molecular formula is C23H17NO2. The normalized spacial score (nSPS) is 27.8. The summed E-state index contributed by atoms with van der Waals surface area (Å²) in [4.78, 5) is 28.6. The lowest BCUT2D eigenvalue weighted by Crippen LogP contribution is -2.37. The van der Waals surface area contributed by atoms with Crippen LogP contribution in [0.2, 0.25) is 0 Å². The van der Waals surface area contributed by atoms with Crippen LogP contribution in [0.3, 0.4) is 0 Å². The molecular weight excluding hydrogens is 322 g/mol. The number of ketones is 2. The van der Waals surface area contributed by atoms with Crippen LogP contribution in [0.15, 0.2) is 71.5 Å². The zero-order chi connectivity index (χ0) is 17.6. The van der Waals surface area contributed by atoms with E-state index >= 15 is 0 Å². The van der Waals surface area contributed by atoms with E-state index < -0.39 is 0 Å². The smallest absolute Gasteiger partial charge is 0.206 e. The summed E-state index contributed by atoms with van der Waals surface area (Å²) in [5, 5.41) is 0. The molecule has 126 valence electrons. The average Bonchev–Trinajstić information content (AvgIpc) is 3.40. The molecule has 2 aromatic rings. The Hall–Kier alpha value is -2.94. The Bertz CT molecular complexity index is 1040. The minimum Gasteiger partial charge on any atom is -0.362 e. The first-order chi connectivity index (χ1) is 12.7. The topological polar surface area (TPSA) is 37.1 Å². The summed E-state index contributed by atoms with van der Waals surface area (Å²) in [5.74, 6) is -0.197. The van der Waals surface area contributed by atoms with Gasteiger partial charge in [-0.1, -0.05) is 48.5 Å². The zero-order valence-electron chi connectivity index (χ0n) is 14.4. The fourth-order valence-corrected chi connectivity index (χ4v) is 5.06. The summed E-state index contributed by atoms with van der Waals surface area (Å²) in [6.07, 6.45) is 1.58. The van der Waals surface area contributed by atoms with Crippen molar-refractivity contribution in [1.29, 1.82) is 0 Å². The van der Waals surface area contributed by atoms with Gasteiger partial charge in [0.25, 0.3) is 0 Å². The van der Waals surface area contributed by atoms with Crippen LogP contribution in [0.4, 0.5) is 0 Å². The Morgan fingerprint density at radius 1 is 0.808 bits per heavy atom. The molecule has 1 heterocycles. The molecule has 0 aromatic heterocycles. The van der Waals surface area contributed by atoms with Crippen LogP contribution >= 0.6 is 0 Å². The molecule has 2 bridgehead atoms.